The molecule has 3 heteroatoms. The third-order valence-corrected chi connectivity index (χ3v) is 3.64. The van der Waals surface area contributed by atoms with E-state index in [1.807, 2.05) is 12.1 Å². The molecule has 0 saturated carbocycles. The number of halogens is 1. The summed E-state index contributed by atoms with van der Waals surface area (Å²) in [6, 6.07) is 6.51. The van der Waals surface area contributed by atoms with Crippen molar-refractivity contribution in [3.63, 3.8) is 0 Å². The van der Waals surface area contributed by atoms with Crippen LogP contribution in [0.4, 0.5) is 0 Å². The van der Waals surface area contributed by atoms with Crippen LogP contribution in [0.25, 0.3) is 0 Å². The molecule has 1 aromatic carbocycles. The van der Waals surface area contributed by atoms with E-state index in [0.717, 1.165) is 37.5 Å². The van der Waals surface area contributed by atoms with Crippen molar-refractivity contribution in [3.05, 3.63) is 34.3 Å². The summed E-state index contributed by atoms with van der Waals surface area (Å²) in [5.41, 5.74) is 8.55. The van der Waals surface area contributed by atoms with Gasteiger partial charge >= 0.3 is 0 Å². The summed E-state index contributed by atoms with van der Waals surface area (Å²) >= 11 is 6.27. The summed E-state index contributed by atoms with van der Waals surface area (Å²) in [6.45, 7) is 5.20. The van der Waals surface area contributed by atoms with Crippen LogP contribution >= 0.6 is 11.6 Å². The lowest BCUT2D eigenvalue weighted by Crippen LogP contribution is -2.26. The molecule has 1 atom stereocenters. The maximum Gasteiger partial charge on any atom is 0.0453 e. The van der Waals surface area contributed by atoms with Gasteiger partial charge in [-0.15, -0.1) is 0 Å². The minimum Gasteiger partial charge on any atom is -0.326 e. The van der Waals surface area contributed by atoms with Gasteiger partial charge in [0.25, 0.3) is 0 Å². The van der Waals surface area contributed by atoms with E-state index in [-0.39, 0.29) is 0 Å². The van der Waals surface area contributed by atoms with Crippen LogP contribution in [0.2, 0.25) is 5.02 Å². The number of hydrogen-bond donors (Lipinski definition) is 1. The van der Waals surface area contributed by atoms with E-state index in [0.29, 0.717) is 6.04 Å². The van der Waals surface area contributed by atoms with E-state index < -0.39 is 0 Å². The van der Waals surface area contributed by atoms with E-state index >= 15 is 0 Å². The first kappa shape index (κ1) is 11.9. The standard InChI is InChI=1S/C13H19ClN2/c1-2-10-4-3-5-13(14)12(10)9-16-7-6-11(15)8-16/h3-5,11H,2,6-9,15H2,1H3/t11-/m0/s1. The molecule has 2 nitrogen and oxygen atoms in total. The van der Waals surface area contributed by atoms with Crippen molar-refractivity contribution in [1.82, 2.24) is 4.90 Å². The summed E-state index contributed by atoms with van der Waals surface area (Å²) in [4.78, 5) is 2.39. The van der Waals surface area contributed by atoms with Crippen LogP contribution < -0.4 is 5.73 Å². The first-order chi connectivity index (χ1) is 7.70. The second kappa shape index (κ2) is 5.17. The molecule has 0 unspecified atom stereocenters. The second-order valence-electron chi connectivity index (χ2n) is 4.51. The molecule has 0 radical (unpaired) electrons. The van der Waals surface area contributed by atoms with Gasteiger partial charge in [0.05, 0.1) is 0 Å². The molecular weight excluding hydrogens is 220 g/mol. The third kappa shape index (κ3) is 2.57. The number of aryl methyl sites for hydroxylation is 1. The summed E-state index contributed by atoms with van der Waals surface area (Å²) in [6.07, 6.45) is 2.14. The zero-order chi connectivity index (χ0) is 11.5. The highest BCUT2D eigenvalue weighted by Gasteiger charge is 2.20. The van der Waals surface area contributed by atoms with Crippen molar-refractivity contribution in [2.45, 2.75) is 32.4 Å². The quantitative estimate of drug-likeness (QED) is 0.877. The zero-order valence-electron chi connectivity index (χ0n) is 9.75. The Morgan fingerprint density at radius 2 is 2.31 bits per heavy atom. The molecule has 1 aliphatic heterocycles. The largest absolute Gasteiger partial charge is 0.326 e. The Kier molecular flexibility index (Phi) is 3.85. The van der Waals surface area contributed by atoms with Gasteiger partial charge in [-0.2, -0.15) is 0 Å². The van der Waals surface area contributed by atoms with Crippen LogP contribution in [-0.2, 0) is 13.0 Å². The number of rotatable bonds is 3. The topological polar surface area (TPSA) is 29.3 Å². The van der Waals surface area contributed by atoms with Crippen LogP contribution in [0.15, 0.2) is 18.2 Å². The Balaban J connectivity index is 2.14. The van der Waals surface area contributed by atoms with E-state index in [2.05, 4.69) is 17.9 Å². The van der Waals surface area contributed by atoms with Gasteiger partial charge in [0, 0.05) is 30.7 Å². The fraction of sp³-hybridized carbons (Fsp3) is 0.538. The number of benzene rings is 1. The van der Waals surface area contributed by atoms with Crippen molar-refractivity contribution in [1.29, 1.82) is 0 Å². The molecule has 1 aliphatic rings. The Hall–Kier alpha value is -0.570. The predicted molar refractivity (Wildman–Crippen MR) is 68.7 cm³/mol. The Labute approximate surface area is 102 Å². The fourth-order valence-electron chi connectivity index (χ4n) is 2.34. The van der Waals surface area contributed by atoms with Crippen LogP contribution in [0.5, 0.6) is 0 Å². The number of nitrogens with zero attached hydrogens (tertiary/aromatic N) is 1. The number of nitrogens with two attached hydrogens (primary N) is 1. The summed E-state index contributed by atoms with van der Waals surface area (Å²) < 4.78 is 0. The molecule has 1 heterocycles. The molecule has 2 N–H and O–H groups in total. The van der Waals surface area contributed by atoms with Gasteiger partial charge in [0.2, 0.25) is 0 Å². The van der Waals surface area contributed by atoms with Crippen LogP contribution in [0, 0.1) is 0 Å². The zero-order valence-corrected chi connectivity index (χ0v) is 10.5. The summed E-state index contributed by atoms with van der Waals surface area (Å²) in [5, 5.41) is 0.889. The smallest absolute Gasteiger partial charge is 0.0453 e. The lowest BCUT2D eigenvalue weighted by molar-refractivity contribution is 0.326. The van der Waals surface area contributed by atoms with Crippen LogP contribution in [0.1, 0.15) is 24.5 Å². The van der Waals surface area contributed by atoms with Crippen molar-refractivity contribution < 1.29 is 0 Å². The molecule has 88 valence electrons. The first-order valence-electron chi connectivity index (χ1n) is 5.95. The van der Waals surface area contributed by atoms with Crippen molar-refractivity contribution in [2.75, 3.05) is 13.1 Å². The molecule has 0 spiro atoms. The Morgan fingerprint density at radius 1 is 1.50 bits per heavy atom. The lowest BCUT2D eigenvalue weighted by atomic mass is 10.0. The molecule has 0 bridgehead atoms. The monoisotopic (exact) mass is 238 g/mol. The summed E-state index contributed by atoms with van der Waals surface area (Å²) in [7, 11) is 0. The normalized spacial score (nSPS) is 21.6. The number of likely N-dealkylation sites (tertiary alicyclic amines) is 1. The van der Waals surface area contributed by atoms with Gasteiger partial charge in [-0.3, -0.25) is 4.90 Å². The van der Waals surface area contributed by atoms with Gasteiger partial charge in [-0.25, -0.2) is 0 Å². The molecule has 1 aromatic rings. The minimum atomic E-state index is 0.340. The number of hydrogen-bond acceptors (Lipinski definition) is 2. The molecule has 0 aromatic heterocycles. The molecule has 16 heavy (non-hydrogen) atoms. The van der Waals surface area contributed by atoms with Crippen LogP contribution in [-0.4, -0.2) is 24.0 Å². The average molecular weight is 239 g/mol. The SMILES string of the molecule is CCc1cccc(Cl)c1CN1CC[C@H](N)C1. The fourth-order valence-corrected chi connectivity index (χ4v) is 2.60. The van der Waals surface area contributed by atoms with E-state index in [1.54, 1.807) is 0 Å². The molecule has 1 fully saturated rings. The predicted octanol–water partition coefficient (Wildman–Crippen LogP) is 2.44. The molecule has 1 saturated heterocycles. The molecule has 0 aliphatic carbocycles. The maximum atomic E-state index is 6.27. The molecule has 2 rings (SSSR count). The highest BCUT2D eigenvalue weighted by Crippen LogP contribution is 2.23. The highest BCUT2D eigenvalue weighted by molar-refractivity contribution is 6.31. The third-order valence-electron chi connectivity index (χ3n) is 3.29. The van der Waals surface area contributed by atoms with Crippen molar-refractivity contribution in [3.8, 4) is 0 Å². The van der Waals surface area contributed by atoms with E-state index in [1.165, 1.54) is 11.1 Å². The van der Waals surface area contributed by atoms with Crippen LogP contribution in [0.3, 0.4) is 0 Å². The second-order valence-corrected chi connectivity index (χ2v) is 4.92. The van der Waals surface area contributed by atoms with Crippen molar-refractivity contribution in [2.24, 2.45) is 5.73 Å². The Bertz CT molecular complexity index is 365. The maximum absolute atomic E-state index is 6.27. The minimum absolute atomic E-state index is 0.340. The first-order valence-corrected chi connectivity index (χ1v) is 6.32. The Morgan fingerprint density at radius 3 is 2.94 bits per heavy atom. The van der Waals surface area contributed by atoms with Crippen molar-refractivity contribution >= 4 is 11.6 Å². The average Bonchev–Trinajstić information content (AvgIpc) is 2.67. The van der Waals surface area contributed by atoms with Gasteiger partial charge in [0.15, 0.2) is 0 Å². The lowest BCUT2D eigenvalue weighted by Gasteiger charge is -2.18. The van der Waals surface area contributed by atoms with Gasteiger partial charge in [-0.1, -0.05) is 30.7 Å². The molecular formula is C13H19ClN2. The summed E-state index contributed by atoms with van der Waals surface area (Å²) in [5.74, 6) is 0. The van der Waals surface area contributed by atoms with E-state index in [4.69, 9.17) is 17.3 Å². The van der Waals surface area contributed by atoms with E-state index in [9.17, 15) is 0 Å². The highest BCUT2D eigenvalue weighted by atomic mass is 35.5. The molecule has 0 amide bonds. The van der Waals surface area contributed by atoms with Gasteiger partial charge in [0.1, 0.15) is 0 Å². The van der Waals surface area contributed by atoms with Gasteiger partial charge in [-0.05, 0) is 30.0 Å². The van der Waals surface area contributed by atoms with Gasteiger partial charge < -0.3 is 5.73 Å².